The number of ether oxygens (including phenoxy) is 1. The van der Waals surface area contributed by atoms with Gasteiger partial charge in [0.15, 0.2) is 0 Å². The molecule has 0 atom stereocenters. The molecule has 0 spiro atoms. The minimum atomic E-state index is 0.931. The number of nitrogens with one attached hydrogen (secondary N) is 1. The molecule has 2 heteroatoms. The summed E-state index contributed by atoms with van der Waals surface area (Å²) in [5.74, 6) is 0.931. The van der Waals surface area contributed by atoms with Gasteiger partial charge in [0.25, 0.3) is 0 Å². The van der Waals surface area contributed by atoms with Crippen molar-refractivity contribution in [3.8, 4) is 5.75 Å². The smallest absolute Gasteiger partial charge is 0.118 e. The summed E-state index contributed by atoms with van der Waals surface area (Å²) in [5, 5.41) is 3.31. The lowest BCUT2D eigenvalue weighted by molar-refractivity contribution is 0.414. The summed E-state index contributed by atoms with van der Waals surface area (Å²) in [6, 6.07) is 8.33. The largest absolute Gasteiger partial charge is 0.497 e. The second-order valence-electron chi connectivity index (χ2n) is 3.84. The maximum absolute atomic E-state index is 5.13. The van der Waals surface area contributed by atoms with Gasteiger partial charge in [-0.25, -0.2) is 0 Å². The van der Waals surface area contributed by atoms with Gasteiger partial charge in [-0.05, 0) is 30.5 Å². The summed E-state index contributed by atoms with van der Waals surface area (Å²) in [4.78, 5) is 0. The van der Waals surface area contributed by atoms with Crippen LogP contribution in [0.3, 0.4) is 0 Å². The molecule has 80 valence electrons. The molecule has 0 radical (unpaired) electrons. The Hall–Kier alpha value is -1.28. The molecule has 1 aliphatic rings. The van der Waals surface area contributed by atoms with Crippen LogP contribution in [0.2, 0.25) is 0 Å². The van der Waals surface area contributed by atoms with Crippen molar-refractivity contribution in [1.82, 2.24) is 5.32 Å². The normalized spacial score (nSPS) is 15.1. The van der Waals surface area contributed by atoms with E-state index < -0.39 is 0 Å². The second kappa shape index (κ2) is 4.99. The number of hydrogen-bond acceptors (Lipinski definition) is 2. The molecule has 0 amide bonds. The summed E-state index contributed by atoms with van der Waals surface area (Å²) >= 11 is 0. The first-order chi connectivity index (χ1) is 7.38. The van der Waals surface area contributed by atoms with E-state index in [1.54, 1.807) is 7.11 Å². The quantitative estimate of drug-likeness (QED) is 0.757. The van der Waals surface area contributed by atoms with E-state index >= 15 is 0 Å². The van der Waals surface area contributed by atoms with Crippen LogP contribution in [0, 0.1) is 0 Å². The van der Waals surface area contributed by atoms with Gasteiger partial charge >= 0.3 is 0 Å². The third-order valence-corrected chi connectivity index (χ3v) is 2.78. The molecular weight excluding hydrogens is 186 g/mol. The minimum Gasteiger partial charge on any atom is -0.497 e. The molecule has 15 heavy (non-hydrogen) atoms. The van der Waals surface area contributed by atoms with E-state index in [4.69, 9.17) is 4.74 Å². The van der Waals surface area contributed by atoms with Crippen LogP contribution in [0.1, 0.15) is 12.0 Å². The fraction of sp³-hybridized carbons (Fsp3) is 0.385. The standard InChI is InChI=1S/C13H17NO/c1-15-13-6-4-11(5-7-13)2-3-12-8-9-14-10-12/h4-8,14H,2-3,9-10H2,1H3. The van der Waals surface area contributed by atoms with Crippen molar-refractivity contribution in [2.45, 2.75) is 12.8 Å². The van der Waals surface area contributed by atoms with Crippen molar-refractivity contribution in [1.29, 1.82) is 0 Å². The van der Waals surface area contributed by atoms with E-state index in [-0.39, 0.29) is 0 Å². The molecule has 1 aromatic rings. The van der Waals surface area contributed by atoms with Crippen molar-refractivity contribution in [2.24, 2.45) is 0 Å². The molecule has 1 aromatic carbocycles. The molecule has 1 N–H and O–H groups in total. The highest BCUT2D eigenvalue weighted by molar-refractivity contribution is 5.28. The van der Waals surface area contributed by atoms with Gasteiger partial charge < -0.3 is 10.1 Å². The van der Waals surface area contributed by atoms with E-state index in [0.29, 0.717) is 0 Å². The zero-order valence-corrected chi connectivity index (χ0v) is 9.12. The van der Waals surface area contributed by atoms with Crippen LogP contribution in [-0.2, 0) is 6.42 Å². The van der Waals surface area contributed by atoms with Crippen molar-refractivity contribution in [3.05, 3.63) is 41.5 Å². The zero-order chi connectivity index (χ0) is 10.5. The Kier molecular flexibility index (Phi) is 3.41. The molecule has 0 aromatic heterocycles. The van der Waals surface area contributed by atoms with Crippen LogP contribution in [0.15, 0.2) is 35.9 Å². The van der Waals surface area contributed by atoms with Crippen molar-refractivity contribution >= 4 is 0 Å². The molecular formula is C13H17NO. The van der Waals surface area contributed by atoms with Crippen molar-refractivity contribution < 1.29 is 4.74 Å². The molecule has 0 saturated heterocycles. The third kappa shape index (κ3) is 2.83. The SMILES string of the molecule is COc1ccc(CCC2=CCNC2)cc1. The lowest BCUT2D eigenvalue weighted by Gasteiger charge is -2.04. The van der Waals surface area contributed by atoms with Crippen LogP contribution >= 0.6 is 0 Å². The van der Waals surface area contributed by atoms with Crippen molar-refractivity contribution in [2.75, 3.05) is 20.2 Å². The van der Waals surface area contributed by atoms with Crippen molar-refractivity contribution in [3.63, 3.8) is 0 Å². The Bertz CT molecular complexity index is 340. The van der Waals surface area contributed by atoms with E-state index in [2.05, 4.69) is 23.5 Å². The molecule has 2 nitrogen and oxygen atoms in total. The van der Waals surface area contributed by atoms with E-state index in [1.807, 2.05) is 12.1 Å². The molecule has 0 bridgehead atoms. The summed E-state index contributed by atoms with van der Waals surface area (Å²) in [7, 11) is 1.70. The van der Waals surface area contributed by atoms with E-state index in [9.17, 15) is 0 Å². The van der Waals surface area contributed by atoms with Crippen LogP contribution in [-0.4, -0.2) is 20.2 Å². The van der Waals surface area contributed by atoms with Gasteiger partial charge in [-0.1, -0.05) is 23.8 Å². The van der Waals surface area contributed by atoms with E-state index in [1.165, 1.54) is 17.6 Å². The Balaban J connectivity index is 1.87. The average molecular weight is 203 g/mol. The molecule has 0 fully saturated rings. The highest BCUT2D eigenvalue weighted by Crippen LogP contribution is 2.15. The zero-order valence-electron chi connectivity index (χ0n) is 9.12. The number of aryl methyl sites for hydroxylation is 1. The maximum atomic E-state index is 5.13. The third-order valence-electron chi connectivity index (χ3n) is 2.78. The first-order valence-electron chi connectivity index (χ1n) is 5.40. The lowest BCUT2D eigenvalue weighted by Crippen LogP contribution is -2.08. The summed E-state index contributed by atoms with van der Waals surface area (Å²) < 4.78 is 5.13. The second-order valence-corrected chi connectivity index (χ2v) is 3.84. The Morgan fingerprint density at radius 3 is 2.60 bits per heavy atom. The van der Waals surface area contributed by atoms with Gasteiger partial charge in [-0.2, -0.15) is 0 Å². The molecule has 0 saturated carbocycles. The lowest BCUT2D eigenvalue weighted by atomic mass is 10.1. The molecule has 1 aliphatic heterocycles. The number of methoxy groups -OCH3 is 1. The van der Waals surface area contributed by atoms with Gasteiger partial charge in [0.05, 0.1) is 7.11 Å². The Morgan fingerprint density at radius 1 is 1.20 bits per heavy atom. The average Bonchev–Trinajstić information content (AvgIpc) is 2.80. The van der Waals surface area contributed by atoms with Crippen LogP contribution in [0.5, 0.6) is 5.75 Å². The monoisotopic (exact) mass is 203 g/mol. The maximum Gasteiger partial charge on any atom is 0.118 e. The molecule has 0 aliphatic carbocycles. The van der Waals surface area contributed by atoms with E-state index in [0.717, 1.165) is 25.3 Å². The highest BCUT2D eigenvalue weighted by atomic mass is 16.5. The molecule has 1 heterocycles. The van der Waals surface area contributed by atoms with Crippen LogP contribution in [0.4, 0.5) is 0 Å². The first-order valence-corrected chi connectivity index (χ1v) is 5.40. The molecule has 2 rings (SSSR count). The number of benzene rings is 1. The predicted molar refractivity (Wildman–Crippen MR) is 62.3 cm³/mol. The first kappa shape index (κ1) is 10.2. The van der Waals surface area contributed by atoms with Gasteiger partial charge in [-0.15, -0.1) is 0 Å². The highest BCUT2D eigenvalue weighted by Gasteiger charge is 2.03. The minimum absolute atomic E-state index is 0.931. The van der Waals surface area contributed by atoms with Crippen LogP contribution < -0.4 is 10.1 Å². The van der Waals surface area contributed by atoms with Gasteiger partial charge in [0, 0.05) is 13.1 Å². The fourth-order valence-corrected chi connectivity index (χ4v) is 1.81. The van der Waals surface area contributed by atoms with Gasteiger partial charge in [-0.3, -0.25) is 0 Å². The van der Waals surface area contributed by atoms with Crippen LogP contribution in [0.25, 0.3) is 0 Å². The Labute approximate surface area is 91.0 Å². The topological polar surface area (TPSA) is 21.3 Å². The van der Waals surface area contributed by atoms with Gasteiger partial charge in [0.1, 0.15) is 5.75 Å². The summed E-state index contributed by atoms with van der Waals surface area (Å²) in [6.07, 6.45) is 4.58. The number of hydrogen-bond donors (Lipinski definition) is 1. The number of rotatable bonds is 4. The summed E-state index contributed by atoms with van der Waals surface area (Å²) in [5.41, 5.74) is 2.91. The molecule has 0 unspecified atom stereocenters. The fourth-order valence-electron chi connectivity index (χ4n) is 1.81. The predicted octanol–water partition coefficient (Wildman–Crippen LogP) is 2.16. The summed E-state index contributed by atoms with van der Waals surface area (Å²) in [6.45, 7) is 2.11. The Morgan fingerprint density at radius 2 is 2.00 bits per heavy atom. The van der Waals surface area contributed by atoms with Gasteiger partial charge in [0.2, 0.25) is 0 Å².